The molecule has 176 valence electrons. The highest BCUT2D eigenvalue weighted by Crippen LogP contribution is 2.39. The van der Waals surface area contributed by atoms with E-state index in [1.54, 1.807) is 42.5 Å². The molecule has 3 aromatic carbocycles. The van der Waals surface area contributed by atoms with Gasteiger partial charge in [0.25, 0.3) is 5.91 Å². The normalized spacial score (nSPS) is 14.2. The van der Waals surface area contributed by atoms with Crippen LogP contribution in [0, 0.1) is 0 Å². The molecule has 0 radical (unpaired) electrons. The molecule has 0 aliphatic carbocycles. The van der Waals surface area contributed by atoms with E-state index in [0.29, 0.717) is 39.3 Å². The molecule has 0 spiro atoms. The molecular formula is C25H18Cl2F3NO3. The molecule has 0 aromatic heterocycles. The molecule has 4 rings (SSSR count). The van der Waals surface area contributed by atoms with Crippen LogP contribution >= 0.6 is 23.2 Å². The van der Waals surface area contributed by atoms with E-state index < -0.39 is 17.6 Å². The van der Waals surface area contributed by atoms with E-state index in [4.69, 9.17) is 32.7 Å². The SMILES string of the molecule is CCOc1cc(/C=C2\C(=O)Nc3cc(C(F)(F)F)ccc32)ccc1OCc1ccc(Cl)c(Cl)c1. The van der Waals surface area contributed by atoms with Crippen molar-refractivity contribution in [1.29, 1.82) is 0 Å². The summed E-state index contributed by atoms with van der Waals surface area (Å²) in [5.74, 6) is 0.469. The molecule has 4 nitrogen and oxygen atoms in total. The number of hydrogen-bond donors (Lipinski definition) is 1. The first kappa shape index (κ1) is 24.0. The van der Waals surface area contributed by atoms with Crippen LogP contribution in [0.3, 0.4) is 0 Å². The molecule has 9 heteroatoms. The second kappa shape index (κ2) is 9.60. The molecule has 1 N–H and O–H groups in total. The first-order chi connectivity index (χ1) is 16.2. The van der Waals surface area contributed by atoms with Crippen LogP contribution in [0.25, 0.3) is 11.6 Å². The molecule has 0 fully saturated rings. The monoisotopic (exact) mass is 507 g/mol. The summed E-state index contributed by atoms with van der Waals surface area (Å²) in [4.78, 5) is 12.4. The molecule has 0 unspecified atom stereocenters. The van der Waals surface area contributed by atoms with Crippen molar-refractivity contribution in [2.24, 2.45) is 0 Å². The van der Waals surface area contributed by atoms with Gasteiger partial charge in [0.2, 0.25) is 0 Å². The summed E-state index contributed by atoms with van der Waals surface area (Å²) in [7, 11) is 0. The number of fused-ring (bicyclic) bond motifs is 1. The Kier molecular flexibility index (Phi) is 6.77. The highest BCUT2D eigenvalue weighted by atomic mass is 35.5. The minimum Gasteiger partial charge on any atom is -0.490 e. The average molecular weight is 508 g/mol. The Balaban J connectivity index is 1.60. The molecular weight excluding hydrogens is 490 g/mol. The summed E-state index contributed by atoms with van der Waals surface area (Å²) < 4.78 is 50.6. The van der Waals surface area contributed by atoms with Gasteiger partial charge in [0.1, 0.15) is 6.61 Å². The minimum atomic E-state index is -4.49. The smallest absolute Gasteiger partial charge is 0.416 e. The fourth-order valence-electron chi connectivity index (χ4n) is 3.47. The maximum Gasteiger partial charge on any atom is 0.416 e. The van der Waals surface area contributed by atoms with E-state index in [1.807, 2.05) is 6.92 Å². The molecule has 0 atom stereocenters. The number of rotatable bonds is 6. The molecule has 0 saturated carbocycles. The maximum atomic E-state index is 13.0. The number of hydrogen-bond acceptors (Lipinski definition) is 3. The topological polar surface area (TPSA) is 47.6 Å². The third-order valence-corrected chi connectivity index (χ3v) is 5.83. The molecule has 1 amide bonds. The Bertz CT molecular complexity index is 1290. The lowest BCUT2D eigenvalue weighted by molar-refractivity contribution is -0.137. The largest absolute Gasteiger partial charge is 0.490 e. The Morgan fingerprint density at radius 2 is 1.74 bits per heavy atom. The highest BCUT2D eigenvalue weighted by molar-refractivity contribution is 6.42. The summed E-state index contributed by atoms with van der Waals surface area (Å²) in [5, 5.41) is 3.37. The zero-order valence-electron chi connectivity index (χ0n) is 17.8. The molecule has 1 aliphatic rings. The number of carbonyl (C=O) groups is 1. The third-order valence-electron chi connectivity index (χ3n) is 5.09. The van der Waals surface area contributed by atoms with Crippen molar-refractivity contribution >= 4 is 46.4 Å². The number of anilines is 1. The zero-order chi connectivity index (χ0) is 24.5. The second-order valence-corrected chi connectivity index (χ2v) is 8.26. The van der Waals surface area contributed by atoms with Gasteiger partial charge in [-0.2, -0.15) is 13.2 Å². The summed E-state index contributed by atoms with van der Waals surface area (Å²) in [6.07, 6.45) is -2.90. The van der Waals surface area contributed by atoms with Crippen LogP contribution in [-0.2, 0) is 17.6 Å². The second-order valence-electron chi connectivity index (χ2n) is 7.45. The first-order valence-electron chi connectivity index (χ1n) is 10.2. The van der Waals surface area contributed by atoms with E-state index in [1.165, 1.54) is 6.07 Å². The average Bonchev–Trinajstić information content (AvgIpc) is 3.09. The quantitative estimate of drug-likeness (QED) is 0.351. The lowest BCUT2D eigenvalue weighted by atomic mass is 10.0. The molecule has 0 saturated heterocycles. The molecule has 1 aliphatic heterocycles. The predicted octanol–water partition coefficient (Wildman–Crippen LogP) is 7.48. The number of benzene rings is 3. The van der Waals surface area contributed by atoms with Gasteiger partial charge < -0.3 is 14.8 Å². The van der Waals surface area contributed by atoms with Crippen molar-refractivity contribution < 1.29 is 27.4 Å². The Labute approximate surface area is 203 Å². The number of carbonyl (C=O) groups excluding carboxylic acids is 1. The van der Waals surface area contributed by atoms with Crippen molar-refractivity contribution in [3.63, 3.8) is 0 Å². The van der Waals surface area contributed by atoms with Gasteiger partial charge in [-0.05, 0) is 60.5 Å². The van der Waals surface area contributed by atoms with E-state index in [0.717, 1.165) is 17.7 Å². The molecule has 34 heavy (non-hydrogen) atoms. The molecule has 1 heterocycles. The number of amides is 1. The number of halogens is 5. The Morgan fingerprint density at radius 1 is 0.941 bits per heavy atom. The van der Waals surface area contributed by atoms with Gasteiger partial charge in [-0.25, -0.2) is 0 Å². The van der Waals surface area contributed by atoms with Crippen LogP contribution in [0.4, 0.5) is 18.9 Å². The van der Waals surface area contributed by atoms with Crippen LogP contribution in [0.2, 0.25) is 10.0 Å². The number of ether oxygens (including phenoxy) is 2. The third kappa shape index (κ3) is 5.16. The summed E-state index contributed by atoms with van der Waals surface area (Å²) in [5.41, 5.74) is 1.41. The van der Waals surface area contributed by atoms with Crippen LogP contribution in [0.15, 0.2) is 54.6 Å². The standard InChI is InChI=1S/C25H18Cl2F3NO3/c1-2-33-23-11-14(4-8-22(23)34-13-15-3-7-19(26)20(27)10-15)9-18-17-6-5-16(25(28,29)30)12-21(17)31-24(18)32/h3-12H,2,13H2,1H3,(H,31,32)/b18-9-. The van der Waals surface area contributed by atoms with Gasteiger partial charge in [0, 0.05) is 16.8 Å². The van der Waals surface area contributed by atoms with Crippen molar-refractivity contribution in [3.8, 4) is 11.5 Å². The van der Waals surface area contributed by atoms with E-state index in [2.05, 4.69) is 5.32 Å². The number of nitrogens with one attached hydrogen (secondary N) is 1. The Morgan fingerprint density at radius 3 is 2.44 bits per heavy atom. The van der Waals surface area contributed by atoms with Crippen LogP contribution in [0.5, 0.6) is 11.5 Å². The van der Waals surface area contributed by atoms with Gasteiger partial charge in [-0.3, -0.25) is 4.79 Å². The van der Waals surface area contributed by atoms with Gasteiger partial charge in [-0.15, -0.1) is 0 Å². The fraction of sp³-hybridized carbons (Fsp3) is 0.160. The van der Waals surface area contributed by atoms with Crippen LogP contribution in [-0.4, -0.2) is 12.5 Å². The highest BCUT2D eigenvalue weighted by Gasteiger charge is 2.33. The predicted molar refractivity (Wildman–Crippen MR) is 126 cm³/mol. The van der Waals surface area contributed by atoms with Gasteiger partial charge >= 0.3 is 6.18 Å². The van der Waals surface area contributed by atoms with Crippen molar-refractivity contribution in [2.45, 2.75) is 19.7 Å². The van der Waals surface area contributed by atoms with Gasteiger partial charge in [-0.1, -0.05) is 41.4 Å². The summed E-state index contributed by atoms with van der Waals surface area (Å²) in [6, 6.07) is 13.5. The minimum absolute atomic E-state index is 0.123. The number of alkyl halides is 3. The van der Waals surface area contributed by atoms with E-state index in [-0.39, 0.29) is 17.9 Å². The van der Waals surface area contributed by atoms with Gasteiger partial charge in [0.05, 0.1) is 22.2 Å². The summed E-state index contributed by atoms with van der Waals surface area (Å²) >= 11 is 12.0. The maximum absolute atomic E-state index is 13.0. The van der Waals surface area contributed by atoms with Gasteiger partial charge in [0.15, 0.2) is 11.5 Å². The van der Waals surface area contributed by atoms with Crippen molar-refractivity contribution in [3.05, 3.63) is 86.9 Å². The first-order valence-corrected chi connectivity index (χ1v) is 11.0. The Hall–Kier alpha value is -3.16. The summed E-state index contributed by atoms with van der Waals surface area (Å²) in [6.45, 7) is 2.44. The van der Waals surface area contributed by atoms with E-state index in [9.17, 15) is 18.0 Å². The fourth-order valence-corrected chi connectivity index (χ4v) is 3.79. The van der Waals surface area contributed by atoms with Crippen LogP contribution < -0.4 is 14.8 Å². The lowest BCUT2D eigenvalue weighted by Crippen LogP contribution is -2.06. The van der Waals surface area contributed by atoms with E-state index >= 15 is 0 Å². The van der Waals surface area contributed by atoms with Crippen molar-refractivity contribution in [1.82, 2.24) is 0 Å². The molecule has 0 bridgehead atoms. The van der Waals surface area contributed by atoms with Crippen LogP contribution in [0.1, 0.15) is 29.2 Å². The van der Waals surface area contributed by atoms with Crippen molar-refractivity contribution in [2.75, 3.05) is 11.9 Å². The lowest BCUT2D eigenvalue weighted by Gasteiger charge is -2.13. The zero-order valence-corrected chi connectivity index (χ0v) is 19.3. The molecule has 3 aromatic rings.